The first-order valence-corrected chi connectivity index (χ1v) is 8.05. The maximum atomic E-state index is 12.2. The Morgan fingerprint density at radius 2 is 2.04 bits per heavy atom. The molecule has 8 heteroatoms. The Hall–Kier alpha value is -1.59. The number of hydrogen-bond acceptors (Lipinski definition) is 6. The number of benzene rings is 1. The van der Waals surface area contributed by atoms with Crippen molar-refractivity contribution in [3.63, 3.8) is 0 Å². The minimum Gasteiger partial charge on any atom is -0.467 e. The minimum atomic E-state index is -0.842. The van der Waals surface area contributed by atoms with Gasteiger partial charge in [0, 0.05) is 22.0 Å². The highest BCUT2D eigenvalue weighted by molar-refractivity contribution is 6.35. The Bertz CT molecular complexity index is 696. The molecule has 0 spiro atoms. The number of rotatable bonds is 3. The second-order valence-electron chi connectivity index (χ2n) is 6.35. The van der Waals surface area contributed by atoms with Crippen LogP contribution < -0.4 is 5.01 Å². The highest BCUT2D eigenvalue weighted by Crippen LogP contribution is 2.46. The van der Waals surface area contributed by atoms with Crippen molar-refractivity contribution in [2.75, 3.05) is 12.1 Å². The summed E-state index contributed by atoms with van der Waals surface area (Å²) in [5.41, 5.74) is 0.573. The van der Waals surface area contributed by atoms with E-state index in [4.69, 9.17) is 32.7 Å². The number of hydrazone groups is 1. The predicted molar refractivity (Wildman–Crippen MR) is 91.1 cm³/mol. The molecule has 2 atom stereocenters. The van der Waals surface area contributed by atoms with Crippen molar-refractivity contribution in [3.8, 4) is 0 Å². The summed E-state index contributed by atoms with van der Waals surface area (Å²) in [5, 5.41) is 5.60. The number of carbonyl (C=O) groups excluding carboxylic acids is 2. The van der Waals surface area contributed by atoms with Crippen molar-refractivity contribution in [2.45, 2.75) is 44.9 Å². The van der Waals surface area contributed by atoms with Crippen molar-refractivity contribution >= 4 is 40.9 Å². The number of isocyanates is 1. The molecule has 0 bridgehead atoms. The third kappa shape index (κ3) is 3.90. The number of anilines is 1. The lowest BCUT2D eigenvalue weighted by Crippen LogP contribution is -2.44. The Morgan fingerprint density at radius 1 is 1.38 bits per heavy atom. The van der Waals surface area contributed by atoms with E-state index >= 15 is 0 Å². The molecule has 6 nitrogen and oxygen atoms in total. The summed E-state index contributed by atoms with van der Waals surface area (Å²) in [5.74, 6) is -0.543. The number of halogens is 2. The summed E-state index contributed by atoms with van der Waals surface area (Å²) in [6.07, 6.45) is 1.20. The van der Waals surface area contributed by atoms with Gasteiger partial charge < -0.3 is 9.47 Å². The van der Waals surface area contributed by atoms with Gasteiger partial charge in [0.25, 0.3) is 6.08 Å². The van der Waals surface area contributed by atoms with Crippen LogP contribution in [0.5, 0.6) is 0 Å². The maximum Gasteiger partial charge on any atom is 0.330 e. The van der Waals surface area contributed by atoms with Crippen LogP contribution in [-0.4, -0.2) is 30.8 Å². The van der Waals surface area contributed by atoms with Gasteiger partial charge in [-0.25, -0.2) is 14.6 Å². The Balaban J connectivity index is 2.64. The maximum absolute atomic E-state index is 12.2. The van der Waals surface area contributed by atoms with Crippen LogP contribution in [0.2, 0.25) is 10.0 Å². The van der Waals surface area contributed by atoms with Gasteiger partial charge in [0.1, 0.15) is 0 Å². The van der Waals surface area contributed by atoms with E-state index in [1.54, 1.807) is 12.1 Å². The number of carbonyl (C=O) groups is 1. The molecule has 0 radical (unpaired) electrons. The van der Waals surface area contributed by atoms with E-state index in [1.807, 2.05) is 20.8 Å². The molecule has 24 heavy (non-hydrogen) atoms. The highest BCUT2D eigenvalue weighted by Gasteiger charge is 2.41. The van der Waals surface area contributed by atoms with Crippen LogP contribution in [0.15, 0.2) is 17.2 Å². The topological polar surface area (TPSA) is 68.2 Å². The Morgan fingerprint density at radius 3 is 2.58 bits per heavy atom. The molecular formula is C16H18Cl2N2O4. The monoisotopic (exact) mass is 372 g/mol. The van der Waals surface area contributed by atoms with Crippen molar-refractivity contribution < 1.29 is 19.1 Å². The lowest BCUT2D eigenvalue weighted by molar-refractivity contribution is -0.145. The number of methoxy groups -OCH3 is 1. The number of hydrogen-bond donors (Lipinski definition) is 0. The van der Waals surface area contributed by atoms with E-state index < -0.39 is 23.7 Å². The molecule has 1 aromatic rings. The van der Waals surface area contributed by atoms with Crippen molar-refractivity contribution in [1.82, 2.24) is 0 Å². The minimum absolute atomic E-state index is 0.226. The van der Waals surface area contributed by atoms with E-state index in [0.717, 1.165) is 0 Å². The molecule has 1 aromatic carbocycles. The molecule has 0 amide bonds. The molecule has 1 aliphatic heterocycles. The van der Waals surface area contributed by atoms with E-state index in [9.17, 15) is 9.59 Å². The van der Waals surface area contributed by atoms with Crippen LogP contribution in [0, 0.1) is 0 Å². The SMILES string of the molecule is COC(=O)[C@H]1C[C@@H](OC(C)(C)C)c2c(Cl)cc(Cl)cc2N1N=C=O. The summed E-state index contributed by atoms with van der Waals surface area (Å²) in [4.78, 5) is 23.0. The molecule has 2 rings (SSSR count). The number of nitrogens with zero attached hydrogens (tertiary/aromatic N) is 2. The third-order valence-corrected chi connectivity index (χ3v) is 4.02. The number of ether oxygens (including phenoxy) is 2. The standard InChI is InChI=1S/C16H18Cl2N2O4/c1-16(2,3)24-13-7-12(15(22)23-4)20(19-8-21)11-6-9(17)5-10(18)14(11)13/h5-6,12-13H,7H2,1-4H3/t12-,13-/m1/s1. The van der Waals surface area contributed by atoms with Crippen molar-refractivity contribution in [1.29, 1.82) is 0 Å². The van der Waals surface area contributed by atoms with Gasteiger partial charge in [0.05, 0.1) is 24.5 Å². The van der Waals surface area contributed by atoms with Gasteiger partial charge in [0.2, 0.25) is 0 Å². The summed E-state index contributed by atoms with van der Waals surface area (Å²) < 4.78 is 10.9. The normalized spacial score (nSPS) is 20.2. The molecule has 1 heterocycles. The Labute approximate surface area is 150 Å². The van der Waals surface area contributed by atoms with Gasteiger partial charge in [-0.15, -0.1) is 0 Å². The zero-order valence-electron chi connectivity index (χ0n) is 13.8. The van der Waals surface area contributed by atoms with Crippen molar-refractivity contribution in [3.05, 3.63) is 27.7 Å². The van der Waals surface area contributed by atoms with Crippen LogP contribution in [0.3, 0.4) is 0 Å². The second kappa shape index (κ2) is 7.11. The van der Waals surface area contributed by atoms with E-state index in [0.29, 0.717) is 21.3 Å². The zero-order chi connectivity index (χ0) is 18.1. The van der Waals surface area contributed by atoms with Gasteiger partial charge in [-0.3, -0.25) is 0 Å². The van der Waals surface area contributed by atoms with E-state index in [2.05, 4.69) is 5.10 Å². The summed E-state index contributed by atoms with van der Waals surface area (Å²) in [6, 6.07) is 2.32. The summed E-state index contributed by atoms with van der Waals surface area (Å²) >= 11 is 12.4. The molecule has 1 aliphatic rings. The van der Waals surface area contributed by atoms with Crippen molar-refractivity contribution in [2.24, 2.45) is 5.10 Å². The first-order chi connectivity index (χ1) is 11.2. The first-order valence-electron chi connectivity index (χ1n) is 7.29. The average Bonchev–Trinajstić information content (AvgIpc) is 2.46. The smallest absolute Gasteiger partial charge is 0.330 e. The van der Waals surface area contributed by atoms with Gasteiger partial charge >= 0.3 is 5.97 Å². The molecule has 0 saturated carbocycles. The largest absolute Gasteiger partial charge is 0.467 e. The highest BCUT2D eigenvalue weighted by atomic mass is 35.5. The van der Waals surface area contributed by atoms with Gasteiger partial charge in [-0.1, -0.05) is 28.3 Å². The molecule has 0 saturated heterocycles. The van der Waals surface area contributed by atoms with Crippen LogP contribution in [0.25, 0.3) is 0 Å². The first kappa shape index (κ1) is 18.7. The summed E-state index contributed by atoms with van der Waals surface area (Å²) in [7, 11) is 1.27. The van der Waals surface area contributed by atoms with Gasteiger partial charge in [-0.05, 0) is 32.9 Å². The fourth-order valence-electron chi connectivity index (χ4n) is 2.70. The zero-order valence-corrected chi connectivity index (χ0v) is 15.3. The van der Waals surface area contributed by atoms with Gasteiger partial charge in [-0.2, -0.15) is 0 Å². The second-order valence-corrected chi connectivity index (χ2v) is 7.19. The number of esters is 1. The fraction of sp³-hybridized carbons (Fsp3) is 0.500. The van der Waals surface area contributed by atoms with E-state index in [1.165, 1.54) is 18.2 Å². The fourth-order valence-corrected chi connectivity index (χ4v) is 3.31. The molecule has 130 valence electrons. The molecule has 0 fully saturated rings. The third-order valence-electron chi connectivity index (χ3n) is 3.49. The molecule has 0 aliphatic carbocycles. The quantitative estimate of drug-likeness (QED) is 0.457. The average molecular weight is 373 g/mol. The van der Waals surface area contributed by atoms with E-state index in [-0.39, 0.29) is 6.42 Å². The molecule has 0 N–H and O–H groups in total. The molecule has 0 aromatic heterocycles. The summed E-state index contributed by atoms with van der Waals surface area (Å²) in [6.45, 7) is 5.71. The van der Waals surface area contributed by atoms with Gasteiger partial charge in [0.15, 0.2) is 6.04 Å². The molecular weight excluding hydrogens is 355 g/mol. The molecule has 0 unspecified atom stereocenters. The van der Waals surface area contributed by atoms with Crippen LogP contribution in [0.1, 0.15) is 38.9 Å². The lowest BCUT2D eigenvalue weighted by atomic mass is 9.93. The Kier molecular flexibility index (Phi) is 5.56. The number of fused-ring (bicyclic) bond motifs is 1. The lowest BCUT2D eigenvalue weighted by Gasteiger charge is -2.39. The predicted octanol–water partition coefficient (Wildman–Crippen LogP) is 3.85. The van der Waals surface area contributed by atoms with Crippen LogP contribution in [0.4, 0.5) is 5.69 Å². The van der Waals surface area contributed by atoms with Crippen LogP contribution >= 0.6 is 23.2 Å². The van der Waals surface area contributed by atoms with Crippen LogP contribution in [-0.2, 0) is 19.1 Å².